The van der Waals surface area contributed by atoms with Gasteiger partial charge < -0.3 is 10.2 Å². The molecular weight excluding hydrogens is 242 g/mol. The van der Waals surface area contributed by atoms with E-state index in [1.807, 2.05) is 12.1 Å². The number of hydrogen-bond donors (Lipinski definition) is 1. The standard InChI is InChI=1S/C14H21N3O2/c1-16-10-7-13(8-11-16)15-9-6-12-2-4-14(5-3-12)17(18)19/h2-5,13,15H,6-11H2,1H3. The lowest BCUT2D eigenvalue weighted by molar-refractivity contribution is -0.384. The smallest absolute Gasteiger partial charge is 0.269 e. The highest BCUT2D eigenvalue weighted by Gasteiger charge is 2.15. The first kappa shape index (κ1) is 14.0. The molecule has 5 nitrogen and oxygen atoms in total. The lowest BCUT2D eigenvalue weighted by Gasteiger charge is -2.29. The first-order valence-electron chi connectivity index (χ1n) is 6.80. The Kier molecular flexibility index (Phi) is 4.87. The molecule has 1 aliphatic rings. The molecule has 1 saturated heterocycles. The fourth-order valence-corrected chi connectivity index (χ4v) is 2.42. The van der Waals surface area contributed by atoms with Crippen molar-refractivity contribution in [1.29, 1.82) is 0 Å². The Hall–Kier alpha value is -1.46. The zero-order valence-corrected chi connectivity index (χ0v) is 11.3. The summed E-state index contributed by atoms with van der Waals surface area (Å²) in [5.41, 5.74) is 1.30. The van der Waals surface area contributed by atoms with Crippen LogP contribution in [0.4, 0.5) is 5.69 Å². The van der Waals surface area contributed by atoms with Crippen LogP contribution >= 0.6 is 0 Å². The Morgan fingerprint density at radius 1 is 1.32 bits per heavy atom. The number of piperidine rings is 1. The lowest BCUT2D eigenvalue weighted by Crippen LogP contribution is -2.41. The van der Waals surface area contributed by atoms with Gasteiger partial charge in [-0.1, -0.05) is 12.1 Å². The lowest BCUT2D eigenvalue weighted by atomic mass is 10.1. The molecule has 0 saturated carbocycles. The maximum atomic E-state index is 10.5. The molecular formula is C14H21N3O2. The Morgan fingerprint density at radius 3 is 2.53 bits per heavy atom. The monoisotopic (exact) mass is 263 g/mol. The van der Waals surface area contributed by atoms with E-state index in [-0.39, 0.29) is 10.6 Å². The van der Waals surface area contributed by atoms with Crippen LogP contribution in [0.25, 0.3) is 0 Å². The van der Waals surface area contributed by atoms with Crippen molar-refractivity contribution < 1.29 is 4.92 Å². The summed E-state index contributed by atoms with van der Waals surface area (Å²) in [6.07, 6.45) is 3.33. The van der Waals surface area contributed by atoms with E-state index in [9.17, 15) is 10.1 Å². The number of nitrogens with zero attached hydrogens (tertiary/aromatic N) is 2. The number of nitro groups is 1. The van der Waals surface area contributed by atoms with Crippen molar-refractivity contribution in [3.05, 3.63) is 39.9 Å². The topological polar surface area (TPSA) is 58.4 Å². The van der Waals surface area contributed by atoms with E-state index in [4.69, 9.17) is 0 Å². The molecule has 0 atom stereocenters. The Morgan fingerprint density at radius 2 is 1.95 bits per heavy atom. The molecule has 0 spiro atoms. The van der Waals surface area contributed by atoms with E-state index in [1.165, 1.54) is 12.8 Å². The molecule has 1 aromatic rings. The summed E-state index contributed by atoms with van der Waals surface area (Å²) in [5.74, 6) is 0. The highest BCUT2D eigenvalue weighted by molar-refractivity contribution is 5.32. The first-order chi connectivity index (χ1) is 9.15. The Balaban J connectivity index is 1.72. The minimum Gasteiger partial charge on any atom is -0.314 e. The number of nitrogens with one attached hydrogen (secondary N) is 1. The molecule has 0 amide bonds. The molecule has 19 heavy (non-hydrogen) atoms. The van der Waals surface area contributed by atoms with Gasteiger partial charge in [-0.15, -0.1) is 0 Å². The predicted molar refractivity (Wildman–Crippen MR) is 75.3 cm³/mol. The molecule has 0 bridgehead atoms. The molecule has 0 aliphatic carbocycles. The Labute approximate surface area is 113 Å². The molecule has 1 aliphatic heterocycles. The van der Waals surface area contributed by atoms with Crippen molar-refractivity contribution in [2.24, 2.45) is 0 Å². The second-order valence-electron chi connectivity index (χ2n) is 5.21. The molecule has 1 heterocycles. The van der Waals surface area contributed by atoms with E-state index in [1.54, 1.807) is 12.1 Å². The molecule has 5 heteroatoms. The van der Waals surface area contributed by atoms with Gasteiger partial charge in [0.1, 0.15) is 0 Å². The number of benzene rings is 1. The molecule has 2 rings (SSSR count). The number of hydrogen-bond acceptors (Lipinski definition) is 4. The van der Waals surface area contributed by atoms with Gasteiger partial charge in [-0.2, -0.15) is 0 Å². The van der Waals surface area contributed by atoms with Crippen molar-refractivity contribution >= 4 is 5.69 Å². The van der Waals surface area contributed by atoms with Gasteiger partial charge in [-0.3, -0.25) is 10.1 Å². The summed E-state index contributed by atoms with van der Waals surface area (Å²) in [7, 11) is 2.16. The van der Waals surface area contributed by atoms with E-state index in [0.29, 0.717) is 6.04 Å². The first-order valence-corrected chi connectivity index (χ1v) is 6.80. The molecule has 0 radical (unpaired) electrons. The number of nitro benzene ring substituents is 1. The van der Waals surface area contributed by atoms with Crippen LogP contribution in [-0.2, 0) is 6.42 Å². The zero-order valence-electron chi connectivity index (χ0n) is 11.3. The summed E-state index contributed by atoms with van der Waals surface area (Å²) in [6.45, 7) is 3.26. The van der Waals surface area contributed by atoms with Crippen LogP contribution in [0.2, 0.25) is 0 Å². The van der Waals surface area contributed by atoms with Crippen LogP contribution in [0, 0.1) is 10.1 Å². The van der Waals surface area contributed by atoms with Crippen LogP contribution in [0.3, 0.4) is 0 Å². The fourth-order valence-electron chi connectivity index (χ4n) is 2.42. The molecule has 104 valence electrons. The van der Waals surface area contributed by atoms with Crippen LogP contribution in [-0.4, -0.2) is 42.5 Å². The Bertz CT molecular complexity index is 411. The van der Waals surface area contributed by atoms with Gasteiger partial charge in [-0.25, -0.2) is 0 Å². The van der Waals surface area contributed by atoms with Gasteiger partial charge in [0.2, 0.25) is 0 Å². The molecule has 1 N–H and O–H groups in total. The zero-order chi connectivity index (χ0) is 13.7. The van der Waals surface area contributed by atoms with Crippen molar-refractivity contribution in [3.63, 3.8) is 0 Å². The van der Waals surface area contributed by atoms with E-state index < -0.39 is 0 Å². The van der Waals surface area contributed by atoms with Crippen LogP contribution in [0.15, 0.2) is 24.3 Å². The van der Waals surface area contributed by atoms with Crippen molar-refractivity contribution in [3.8, 4) is 0 Å². The summed E-state index contributed by atoms with van der Waals surface area (Å²) in [5, 5.41) is 14.1. The largest absolute Gasteiger partial charge is 0.314 e. The minimum absolute atomic E-state index is 0.159. The maximum absolute atomic E-state index is 10.5. The third-order valence-electron chi connectivity index (χ3n) is 3.71. The summed E-state index contributed by atoms with van der Waals surface area (Å²) < 4.78 is 0. The molecule has 0 aromatic heterocycles. The van der Waals surface area contributed by atoms with E-state index >= 15 is 0 Å². The van der Waals surface area contributed by atoms with Gasteiger partial charge >= 0.3 is 0 Å². The number of likely N-dealkylation sites (tertiary alicyclic amines) is 1. The highest BCUT2D eigenvalue weighted by Crippen LogP contribution is 2.12. The van der Waals surface area contributed by atoms with Crippen LogP contribution in [0.1, 0.15) is 18.4 Å². The summed E-state index contributed by atoms with van der Waals surface area (Å²) in [4.78, 5) is 12.5. The van der Waals surface area contributed by atoms with Gasteiger partial charge in [0.15, 0.2) is 0 Å². The fraction of sp³-hybridized carbons (Fsp3) is 0.571. The maximum Gasteiger partial charge on any atom is 0.269 e. The minimum atomic E-state index is -0.361. The average Bonchev–Trinajstić information content (AvgIpc) is 2.41. The number of non-ortho nitro benzene ring substituents is 1. The van der Waals surface area contributed by atoms with Gasteiger partial charge in [-0.05, 0) is 51.5 Å². The normalized spacial score (nSPS) is 17.5. The highest BCUT2D eigenvalue weighted by atomic mass is 16.6. The molecule has 1 aromatic carbocycles. The second kappa shape index (κ2) is 6.63. The predicted octanol–water partition coefficient (Wildman–Crippen LogP) is 1.82. The second-order valence-corrected chi connectivity index (χ2v) is 5.21. The molecule has 1 fully saturated rings. The summed E-state index contributed by atoms with van der Waals surface area (Å²) in [6, 6.07) is 7.45. The van der Waals surface area contributed by atoms with Crippen molar-refractivity contribution in [2.75, 3.05) is 26.7 Å². The van der Waals surface area contributed by atoms with E-state index in [2.05, 4.69) is 17.3 Å². The van der Waals surface area contributed by atoms with Gasteiger partial charge in [0.05, 0.1) is 4.92 Å². The number of rotatable bonds is 5. The van der Waals surface area contributed by atoms with E-state index in [0.717, 1.165) is 31.6 Å². The molecule has 0 unspecified atom stereocenters. The van der Waals surface area contributed by atoms with Gasteiger partial charge in [0.25, 0.3) is 5.69 Å². The van der Waals surface area contributed by atoms with Crippen molar-refractivity contribution in [2.45, 2.75) is 25.3 Å². The quantitative estimate of drug-likeness (QED) is 0.650. The van der Waals surface area contributed by atoms with Crippen LogP contribution in [0.5, 0.6) is 0 Å². The van der Waals surface area contributed by atoms with Gasteiger partial charge in [0, 0.05) is 18.2 Å². The van der Waals surface area contributed by atoms with Crippen molar-refractivity contribution in [1.82, 2.24) is 10.2 Å². The van der Waals surface area contributed by atoms with Crippen LogP contribution < -0.4 is 5.32 Å². The SMILES string of the molecule is CN1CCC(NCCc2ccc([N+](=O)[O-])cc2)CC1. The average molecular weight is 263 g/mol. The summed E-state index contributed by atoms with van der Waals surface area (Å²) >= 11 is 0. The third-order valence-corrected chi connectivity index (χ3v) is 3.71. The third kappa shape index (κ3) is 4.29.